The second-order valence-electron chi connectivity index (χ2n) is 5.29. The van der Waals surface area contributed by atoms with Crippen LogP contribution in [0.4, 0.5) is 5.69 Å². The molecule has 20 heavy (non-hydrogen) atoms. The third-order valence-corrected chi connectivity index (χ3v) is 6.02. The number of methoxy groups -OCH3 is 1. The maximum absolute atomic E-state index is 12.7. The molecule has 0 spiro atoms. The molecule has 1 heterocycles. The number of anilines is 1. The summed E-state index contributed by atoms with van der Waals surface area (Å²) in [7, 11) is -2.05. The van der Waals surface area contributed by atoms with E-state index in [-0.39, 0.29) is 9.92 Å². The summed E-state index contributed by atoms with van der Waals surface area (Å²) in [5.41, 5.74) is 5.58. The Hall–Kier alpha value is -0.820. The van der Waals surface area contributed by atoms with Crippen LogP contribution in [0.2, 0.25) is 5.02 Å². The molecule has 1 atom stereocenters. The topological polar surface area (TPSA) is 72.6 Å². The van der Waals surface area contributed by atoms with Crippen LogP contribution in [0.1, 0.15) is 19.8 Å². The SMILES string of the molecule is COC1(C)CCCN(S(=O)(=O)c2cc(N)ccc2Cl)C1. The van der Waals surface area contributed by atoms with Crippen molar-refractivity contribution in [2.45, 2.75) is 30.3 Å². The van der Waals surface area contributed by atoms with Gasteiger partial charge in [-0.15, -0.1) is 0 Å². The number of ether oxygens (including phenoxy) is 1. The molecule has 1 aliphatic heterocycles. The van der Waals surface area contributed by atoms with Crippen molar-refractivity contribution in [3.05, 3.63) is 23.2 Å². The maximum atomic E-state index is 12.7. The van der Waals surface area contributed by atoms with Crippen molar-refractivity contribution in [2.24, 2.45) is 0 Å². The van der Waals surface area contributed by atoms with Crippen molar-refractivity contribution in [1.29, 1.82) is 0 Å². The predicted octanol–water partition coefficient (Wildman–Crippen LogP) is 2.11. The average Bonchev–Trinajstić information content (AvgIpc) is 2.41. The highest BCUT2D eigenvalue weighted by Crippen LogP contribution is 2.31. The third kappa shape index (κ3) is 2.93. The number of nitrogens with two attached hydrogens (primary N) is 1. The minimum absolute atomic E-state index is 0.0551. The van der Waals surface area contributed by atoms with E-state index in [1.165, 1.54) is 16.4 Å². The molecular weight excluding hydrogens is 300 g/mol. The molecule has 1 aromatic rings. The van der Waals surface area contributed by atoms with Crippen LogP contribution in [-0.4, -0.2) is 38.5 Å². The fourth-order valence-corrected chi connectivity index (χ4v) is 4.49. The summed E-state index contributed by atoms with van der Waals surface area (Å²) in [4.78, 5) is 0.0551. The molecule has 0 bridgehead atoms. The second-order valence-corrected chi connectivity index (χ2v) is 7.60. The van der Waals surface area contributed by atoms with E-state index in [0.29, 0.717) is 18.8 Å². The van der Waals surface area contributed by atoms with Crippen LogP contribution in [0.15, 0.2) is 23.1 Å². The van der Waals surface area contributed by atoms with E-state index in [1.54, 1.807) is 13.2 Å². The van der Waals surface area contributed by atoms with Crippen molar-refractivity contribution in [2.75, 3.05) is 25.9 Å². The minimum atomic E-state index is -3.65. The van der Waals surface area contributed by atoms with Crippen LogP contribution < -0.4 is 5.73 Å². The van der Waals surface area contributed by atoms with Gasteiger partial charge < -0.3 is 10.5 Å². The van der Waals surface area contributed by atoms with E-state index in [2.05, 4.69) is 0 Å². The molecule has 5 nitrogen and oxygen atoms in total. The number of hydrogen-bond donors (Lipinski definition) is 1. The first kappa shape index (κ1) is 15.6. The molecule has 7 heteroatoms. The summed E-state index contributed by atoms with van der Waals surface area (Å²) in [6.07, 6.45) is 1.59. The van der Waals surface area contributed by atoms with E-state index in [0.717, 1.165) is 12.8 Å². The zero-order chi connectivity index (χ0) is 15.0. The van der Waals surface area contributed by atoms with Gasteiger partial charge in [-0.3, -0.25) is 0 Å². The molecule has 0 radical (unpaired) electrons. The number of nitrogen functional groups attached to an aromatic ring is 1. The van der Waals surface area contributed by atoms with Gasteiger partial charge in [-0.25, -0.2) is 8.42 Å². The Morgan fingerprint density at radius 2 is 2.15 bits per heavy atom. The van der Waals surface area contributed by atoms with Crippen LogP contribution in [0, 0.1) is 0 Å². The van der Waals surface area contributed by atoms with E-state index < -0.39 is 15.6 Å². The lowest BCUT2D eigenvalue weighted by Gasteiger charge is -2.38. The molecular formula is C13H19ClN2O3S. The highest BCUT2D eigenvalue weighted by atomic mass is 35.5. The predicted molar refractivity (Wildman–Crippen MR) is 79.3 cm³/mol. The number of hydrogen-bond acceptors (Lipinski definition) is 4. The molecule has 0 aromatic heterocycles. The Kier molecular flexibility index (Phi) is 4.30. The Balaban J connectivity index is 2.37. The summed E-state index contributed by atoms with van der Waals surface area (Å²) in [6, 6.07) is 4.48. The fraction of sp³-hybridized carbons (Fsp3) is 0.538. The van der Waals surface area contributed by atoms with E-state index in [1.807, 2.05) is 6.92 Å². The summed E-state index contributed by atoms with van der Waals surface area (Å²) in [5, 5.41) is 0.184. The zero-order valence-corrected chi connectivity index (χ0v) is 13.2. The Morgan fingerprint density at radius 1 is 1.45 bits per heavy atom. The van der Waals surface area contributed by atoms with Crippen molar-refractivity contribution in [3.8, 4) is 0 Å². The Labute approximate surface area is 124 Å². The van der Waals surface area contributed by atoms with Crippen molar-refractivity contribution in [3.63, 3.8) is 0 Å². The molecule has 0 saturated carbocycles. The van der Waals surface area contributed by atoms with Crippen molar-refractivity contribution < 1.29 is 13.2 Å². The number of rotatable bonds is 3. The summed E-state index contributed by atoms with van der Waals surface area (Å²) in [6.45, 7) is 2.69. The third-order valence-electron chi connectivity index (χ3n) is 3.69. The molecule has 0 amide bonds. The van der Waals surface area contributed by atoms with Crippen LogP contribution in [0.5, 0.6) is 0 Å². The van der Waals surface area contributed by atoms with Gasteiger partial charge in [-0.05, 0) is 38.0 Å². The quantitative estimate of drug-likeness (QED) is 0.866. The number of benzene rings is 1. The first-order chi connectivity index (χ1) is 9.28. The Bertz CT molecular complexity index is 606. The first-order valence-electron chi connectivity index (χ1n) is 6.39. The number of piperidine rings is 1. The van der Waals surface area contributed by atoms with Gasteiger partial charge >= 0.3 is 0 Å². The number of sulfonamides is 1. The molecule has 1 unspecified atom stereocenters. The molecule has 1 saturated heterocycles. The van der Waals surface area contributed by atoms with E-state index in [9.17, 15) is 8.42 Å². The van der Waals surface area contributed by atoms with Crippen LogP contribution >= 0.6 is 11.6 Å². The first-order valence-corrected chi connectivity index (χ1v) is 8.21. The molecule has 1 aliphatic rings. The van der Waals surface area contributed by atoms with Crippen LogP contribution in [0.25, 0.3) is 0 Å². The summed E-state index contributed by atoms with van der Waals surface area (Å²) >= 11 is 6.01. The van der Waals surface area contributed by atoms with Gasteiger partial charge in [0.1, 0.15) is 4.90 Å². The highest BCUT2D eigenvalue weighted by molar-refractivity contribution is 7.89. The summed E-state index contributed by atoms with van der Waals surface area (Å²) < 4.78 is 32.2. The molecule has 2 N–H and O–H groups in total. The van der Waals surface area contributed by atoms with Crippen LogP contribution in [0.3, 0.4) is 0 Å². The highest BCUT2D eigenvalue weighted by Gasteiger charge is 2.37. The largest absolute Gasteiger partial charge is 0.399 e. The molecule has 1 fully saturated rings. The van der Waals surface area contributed by atoms with Gasteiger partial charge in [-0.2, -0.15) is 4.31 Å². The smallest absolute Gasteiger partial charge is 0.244 e. The van der Waals surface area contributed by atoms with E-state index in [4.69, 9.17) is 22.1 Å². The van der Waals surface area contributed by atoms with Gasteiger partial charge in [0.05, 0.1) is 10.6 Å². The van der Waals surface area contributed by atoms with Gasteiger partial charge in [-0.1, -0.05) is 11.6 Å². The number of halogens is 1. The lowest BCUT2D eigenvalue weighted by molar-refractivity contribution is -0.0319. The zero-order valence-electron chi connectivity index (χ0n) is 11.6. The normalized spacial score (nSPS) is 24.8. The molecule has 1 aromatic carbocycles. The molecule has 2 rings (SSSR count). The van der Waals surface area contributed by atoms with Gasteiger partial charge in [0.15, 0.2) is 0 Å². The molecule has 0 aliphatic carbocycles. The second kappa shape index (κ2) is 5.52. The van der Waals surface area contributed by atoms with E-state index >= 15 is 0 Å². The fourth-order valence-electron chi connectivity index (χ4n) is 2.39. The number of nitrogens with zero attached hydrogens (tertiary/aromatic N) is 1. The van der Waals surface area contributed by atoms with Gasteiger partial charge in [0.25, 0.3) is 0 Å². The lowest BCUT2D eigenvalue weighted by atomic mass is 9.96. The van der Waals surface area contributed by atoms with Gasteiger partial charge in [0.2, 0.25) is 10.0 Å². The monoisotopic (exact) mass is 318 g/mol. The van der Waals surface area contributed by atoms with Crippen molar-refractivity contribution in [1.82, 2.24) is 4.31 Å². The lowest BCUT2D eigenvalue weighted by Crippen LogP contribution is -2.49. The Morgan fingerprint density at radius 3 is 2.80 bits per heavy atom. The van der Waals surface area contributed by atoms with Crippen molar-refractivity contribution >= 4 is 27.3 Å². The maximum Gasteiger partial charge on any atom is 0.244 e. The average molecular weight is 319 g/mol. The van der Waals surface area contributed by atoms with Crippen LogP contribution in [-0.2, 0) is 14.8 Å². The minimum Gasteiger partial charge on any atom is -0.399 e. The van der Waals surface area contributed by atoms with Gasteiger partial charge in [0, 0.05) is 25.9 Å². The summed E-state index contributed by atoms with van der Waals surface area (Å²) in [5.74, 6) is 0. The molecule has 112 valence electrons. The standard InChI is InChI=1S/C13H19ClN2O3S/c1-13(19-2)6-3-7-16(9-13)20(17,18)12-8-10(15)4-5-11(12)14/h4-5,8H,3,6-7,9,15H2,1-2H3.